The zero-order valence-electron chi connectivity index (χ0n) is 8.13. The molecular weight excluding hydrogens is 233 g/mol. The summed E-state index contributed by atoms with van der Waals surface area (Å²) < 4.78 is 5.04. The zero-order valence-corrected chi connectivity index (χ0v) is 9.64. The van der Waals surface area contributed by atoms with Crippen LogP contribution in [0.25, 0.3) is 11.3 Å². The summed E-state index contributed by atoms with van der Waals surface area (Å²) in [6.45, 7) is 1.98. The molecule has 0 aliphatic heterocycles. The van der Waals surface area contributed by atoms with Crippen molar-refractivity contribution in [3.63, 3.8) is 0 Å². The molecular formula is C11H9Cl2NO. The molecule has 0 saturated heterocycles. The highest BCUT2D eigenvalue weighted by molar-refractivity contribution is 6.33. The summed E-state index contributed by atoms with van der Waals surface area (Å²) in [5, 5.41) is 4.61. The van der Waals surface area contributed by atoms with Gasteiger partial charge in [-0.15, -0.1) is 11.6 Å². The third kappa shape index (κ3) is 2.01. The first kappa shape index (κ1) is 10.5. The van der Waals surface area contributed by atoms with Gasteiger partial charge in [-0.1, -0.05) is 28.9 Å². The number of hydrogen-bond acceptors (Lipinski definition) is 2. The smallest absolute Gasteiger partial charge is 0.152 e. The quantitative estimate of drug-likeness (QED) is 0.742. The highest BCUT2D eigenvalue weighted by Crippen LogP contribution is 2.30. The third-order valence-corrected chi connectivity index (χ3v) is 2.75. The van der Waals surface area contributed by atoms with E-state index in [1.807, 2.05) is 25.1 Å². The fraction of sp³-hybridized carbons (Fsp3) is 0.182. The van der Waals surface area contributed by atoms with E-state index >= 15 is 0 Å². The van der Waals surface area contributed by atoms with Gasteiger partial charge in [-0.2, -0.15) is 0 Å². The molecule has 0 fully saturated rings. The first-order valence-electron chi connectivity index (χ1n) is 4.49. The molecule has 0 unspecified atom stereocenters. The number of halogens is 2. The van der Waals surface area contributed by atoms with E-state index in [0.717, 1.165) is 16.8 Å². The lowest BCUT2D eigenvalue weighted by atomic mass is 10.1. The molecule has 0 aliphatic carbocycles. The Morgan fingerprint density at radius 3 is 2.80 bits per heavy atom. The van der Waals surface area contributed by atoms with Crippen LogP contribution in [-0.4, -0.2) is 5.16 Å². The van der Waals surface area contributed by atoms with Crippen molar-refractivity contribution >= 4 is 23.2 Å². The normalized spacial score (nSPS) is 10.6. The van der Waals surface area contributed by atoms with Gasteiger partial charge in [0.25, 0.3) is 0 Å². The van der Waals surface area contributed by atoms with Crippen molar-refractivity contribution in [2.75, 3.05) is 0 Å². The van der Waals surface area contributed by atoms with Crippen molar-refractivity contribution in [3.05, 3.63) is 40.6 Å². The zero-order chi connectivity index (χ0) is 10.8. The topological polar surface area (TPSA) is 26.0 Å². The second-order valence-corrected chi connectivity index (χ2v) is 3.92. The Bertz CT molecular complexity index is 459. The summed E-state index contributed by atoms with van der Waals surface area (Å²) in [5.74, 6) is 0.960. The van der Waals surface area contributed by atoms with Gasteiger partial charge in [0.05, 0.1) is 10.9 Å². The van der Waals surface area contributed by atoms with Gasteiger partial charge in [-0.3, -0.25) is 0 Å². The van der Waals surface area contributed by atoms with Crippen molar-refractivity contribution in [2.24, 2.45) is 0 Å². The third-order valence-electron chi connectivity index (χ3n) is 2.17. The molecule has 0 atom stereocenters. The highest BCUT2D eigenvalue weighted by Gasteiger charge is 2.11. The van der Waals surface area contributed by atoms with Gasteiger partial charge in [0, 0.05) is 11.6 Å². The molecule has 0 aliphatic rings. The van der Waals surface area contributed by atoms with Crippen LogP contribution in [0.3, 0.4) is 0 Å². The Hall–Kier alpha value is -0.990. The average Bonchev–Trinajstić information content (AvgIpc) is 2.66. The van der Waals surface area contributed by atoms with Crippen LogP contribution in [0, 0.1) is 6.92 Å². The molecule has 0 radical (unpaired) electrons. The van der Waals surface area contributed by atoms with Crippen LogP contribution in [0.2, 0.25) is 5.02 Å². The fourth-order valence-corrected chi connectivity index (χ4v) is 1.89. The number of aryl methyl sites for hydroxylation is 1. The minimum absolute atomic E-state index is 0.316. The van der Waals surface area contributed by atoms with Crippen molar-refractivity contribution in [1.82, 2.24) is 5.16 Å². The molecule has 1 aromatic heterocycles. The van der Waals surface area contributed by atoms with Gasteiger partial charge in [0.1, 0.15) is 5.69 Å². The Kier molecular flexibility index (Phi) is 2.98. The van der Waals surface area contributed by atoms with Crippen molar-refractivity contribution in [1.29, 1.82) is 0 Å². The van der Waals surface area contributed by atoms with E-state index in [-0.39, 0.29) is 0 Å². The second-order valence-electron chi connectivity index (χ2n) is 3.24. The van der Waals surface area contributed by atoms with Gasteiger partial charge in [-0.25, -0.2) is 0 Å². The molecule has 0 amide bonds. The Balaban J connectivity index is 2.53. The van der Waals surface area contributed by atoms with E-state index in [4.69, 9.17) is 27.7 Å². The molecule has 2 aromatic rings. The summed E-state index contributed by atoms with van der Waals surface area (Å²) in [5.41, 5.74) is 2.70. The van der Waals surface area contributed by atoms with Gasteiger partial charge in [0.15, 0.2) is 5.76 Å². The van der Waals surface area contributed by atoms with Crippen LogP contribution in [0.15, 0.2) is 28.8 Å². The van der Waals surface area contributed by atoms with E-state index < -0.39 is 0 Å². The fourth-order valence-electron chi connectivity index (χ4n) is 1.45. The summed E-state index contributed by atoms with van der Waals surface area (Å²) in [4.78, 5) is 0. The minimum Gasteiger partial charge on any atom is -0.359 e. The van der Waals surface area contributed by atoms with Gasteiger partial charge < -0.3 is 4.52 Å². The molecule has 2 nitrogen and oxygen atoms in total. The van der Waals surface area contributed by atoms with Gasteiger partial charge in [0.2, 0.25) is 0 Å². The molecule has 0 bridgehead atoms. The SMILES string of the molecule is Cc1cccc(Cl)c1-c1cc(CCl)on1. The molecule has 0 N–H and O–H groups in total. The summed E-state index contributed by atoms with van der Waals surface area (Å²) in [6.07, 6.45) is 0. The predicted molar refractivity (Wildman–Crippen MR) is 61.2 cm³/mol. The van der Waals surface area contributed by atoms with Crippen LogP contribution >= 0.6 is 23.2 Å². The molecule has 2 rings (SSSR count). The monoisotopic (exact) mass is 241 g/mol. The van der Waals surface area contributed by atoms with Gasteiger partial charge >= 0.3 is 0 Å². The lowest BCUT2D eigenvalue weighted by molar-refractivity contribution is 0.396. The maximum absolute atomic E-state index is 6.10. The standard InChI is InChI=1S/C11H9Cl2NO/c1-7-3-2-4-9(13)11(7)10-5-8(6-12)15-14-10/h2-5H,6H2,1H3. The Morgan fingerprint density at radius 2 is 2.20 bits per heavy atom. The van der Waals surface area contributed by atoms with E-state index in [9.17, 15) is 0 Å². The van der Waals surface area contributed by atoms with Gasteiger partial charge in [-0.05, 0) is 18.6 Å². The van der Waals surface area contributed by atoms with Crippen LogP contribution in [0.4, 0.5) is 0 Å². The van der Waals surface area contributed by atoms with Crippen LogP contribution in [0.1, 0.15) is 11.3 Å². The first-order chi connectivity index (χ1) is 7.22. The largest absolute Gasteiger partial charge is 0.359 e. The second kappa shape index (κ2) is 4.25. The van der Waals surface area contributed by atoms with E-state index in [2.05, 4.69) is 5.16 Å². The molecule has 0 saturated carbocycles. The van der Waals surface area contributed by atoms with Crippen LogP contribution in [0.5, 0.6) is 0 Å². The molecule has 78 valence electrons. The summed E-state index contributed by atoms with van der Waals surface area (Å²) in [7, 11) is 0. The molecule has 0 spiro atoms. The van der Waals surface area contributed by atoms with Crippen molar-refractivity contribution in [3.8, 4) is 11.3 Å². The lowest BCUT2D eigenvalue weighted by Crippen LogP contribution is -1.83. The van der Waals surface area contributed by atoms with E-state index in [1.165, 1.54) is 0 Å². The first-order valence-corrected chi connectivity index (χ1v) is 5.40. The lowest BCUT2D eigenvalue weighted by Gasteiger charge is -2.03. The summed E-state index contributed by atoms with van der Waals surface area (Å²) >= 11 is 11.7. The number of hydrogen-bond donors (Lipinski definition) is 0. The average molecular weight is 242 g/mol. The maximum atomic E-state index is 6.10. The molecule has 4 heteroatoms. The number of rotatable bonds is 2. The van der Waals surface area contributed by atoms with Crippen LogP contribution in [-0.2, 0) is 5.88 Å². The molecule has 1 aromatic carbocycles. The Labute approximate surface area is 97.8 Å². The number of nitrogens with zero attached hydrogens (tertiary/aromatic N) is 1. The minimum atomic E-state index is 0.316. The highest BCUT2D eigenvalue weighted by atomic mass is 35.5. The van der Waals surface area contributed by atoms with Crippen molar-refractivity contribution < 1.29 is 4.52 Å². The number of benzene rings is 1. The number of aromatic nitrogens is 1. The van der Waals surface area contributed by atoms with E-state index in [0.29, 0.717) is 16.7 Å². The maximum Gasteiger partial charge on any atom is 0.152 e. The molecule has 15 heavy (non-hydrogen) atoms. The van der Waals surface area contributed by atoms with Crippen LogP contribution < -0.4 is 0 Å². The van der Waals surface area contributed by atoms with E-state index in [1.54, 1.807) is 6.07 Å². The Morgan fingerprint density at radius 1 is 1.40 bits per heavy atom. The number of alkyl halides is 1. The van der Waals surface area contributed by atoms with Crippen molar-refractivity contribution in [2.45, 2.75) is 12.8 Å². The predicted octanol–water partition coefficient (Wildman–Crippen LogP) is 4.04. The summed E-state index contributed by atoms with van der Waals surface area (Å²) in [6, 6.07) is 7.53. The molecule has 1 heterocycles.